The molecule has 1 aliphatic rings. The third-order valence-electron chi connectivity index (χ3n) is 4.46. The Bertz CT molecular complexity index is 736. The molecular weight excluding hydrogens is 332 g/mol. The number of carbonyl (C=O) groups excluding carboxylic acids is 2. The highest BCUT2D eigenvalue weighted by atomic mass is 16.5. The van der Waals surface area contributed by atoms with Crippen LogP contribution in [0.5, 0.6) is 0 Å². The first-order valence-corrected chi connectivity index (χ1v) is 8.87. The van der Waals surface area contributed by atoms with Crippen LogP contribution in [0.15, 0.2) is 40.9 Å². The van der Waals surface area contributed by atoms with Crippen LogP contribution >= 0.6 is 0 Å². The molecule has 1 aromatic carbocycles. The van der Waals surface area contributed by atoms with E-state index in [9.17, 15) is 9.59 Å². The van der Waals surface area contributed by atoms with Crippen LogP contribution in [0.2, 0.25) is 0 Å². The Kier molecular flexibility index (Phi) is 6.01. The van der Waals surface area contributed by atoms with Gasteiger partial charge in [0.2, 0.25) is 5.91 Å². The van der Waals surface area contributed by atoms with Gasteiger partial charge in [0.1, 0.15) is 5.76 Å². The summed E-state index contributed by atoms with van der Waals surface area (Å²) in [6.07, 6.45) is 0.403. The van der Waals surface area contributed by atoms with E-state index >= 15 is 0 Å². The van der Waals surface area contributed by atoms with Crippen LogP contribution in [0.25, 0.3) is 0 Å². The lowest BCUT2D eigenvalue weighted by atomic mass is 10.1. The Labute approximate surface area is 152 Å². The minimum Gasteiger partial charge on any atom is -0.361 e. The molecule has 2 heterocycles. The van der Waals surface area contributed by atoms with Crippen molar-refractivity contribution in [2.45, 2.75) is 13.3 Å². The highest BCUT2D eigenvalue weighted by molar-refractivity contribution is 5.92. The Hall–Kier alpha value is -2.67. The SMILES string of the molecule is Cc1cc(C(=O)N2CCN(CCNC(=O)Cc3ccccc3)CC2)no1. The Morgan fingerprint density at radius 1 is 1.15 bits per heavy atom. The van der Waals surface area contributed by atoms with Crippen molar-refractivity contribution in [2.75, 3.05) is 39.3 Å². The Morgan fingerprint density at radius 2 is 1.88 bits per heavy atom. The van der Waals surface area contributed by atoms with Crippen molar-refractivity contribution in [3.05, 3.63) is 53.4 Å². The van der Waals surface area contributed by atoms with Gasteiger partial charge >= 0.3 is 0 Å². The predicted molar refractivity (Wildman–Crippen MR) is 96.7 cm³/mol. The summed E-state index contributed by atoms with van der Waals surface area (Å²) < 4.78 is 4.97. The van der Waals surface area contributed by atoms with Gasteiger partial charge in [0, 0.05) is 45.3 Å². The molecule has 7 nitrogen and oxygen atoms in total. The monoisotopic (exact) mass is 356 g/mol. The van der Waals surface area contributed by atoms with Crippen molar-refractivity contribution >= 4 is 11.8 Å². The van der Waals surface area contributed by atoms with Crippen LogP contribution < -0.4 is 5.32 Å². The van der Waals surface area contributed by atoms with E-state index in [4.69, 9.17) is 4.52 Å². The number of nitrogens with zero attached hydrogens (tertiary/aromatic N) is 3. The molecule has 3 rings (SSSR count). The summed E-state index contributed by atoms with van der Waals surface area (Å²) in [5.41, 5.74) is 1.38. The predicted octanol–water partition coefficient (Wildman–Crippen LogP) is 1.10. The number of piperazine rings is 1. The summed E-state index contributed by atoms with van der Waals surface area (Å²) in [7, 11) is 0. The van der Waals surface area contributed by atoms with Gasteiger partial charge in [-0.25, -0.2) is 0 Å². The van der Waals surface area contributed by atoms with Gasteiger partial charge < -0.3 is 14.7 Å². The van der Waals surface area contributed by atoms with Gasteiger partial charge in [-0.15, -0.1) is 0 Å². The summed E-state index contributed by atoms with van der Waals surface area (Å²) in [6, 6.07) is 11.4. The number of aromatic nitrogens is 1. The maximum Gasteiger partial charge on any atom is 0.276 e. The number of hydrogen-bond donors (Lipinski definition) is 1. The molecule has 0 aliphatic carbocycles. The van der Waals surface area contributed by atoms with E-state index in [1.165, 1.54) is 0 Å². The Morgan fingerprint density at radius 3 is 2.54 bits per heavy atom. The van der Waals surface area contributed by atoms with E-state index < -0.39 is 0 Å². The maximum absolute atomic E-state index is 12.3. The first kappa shape index (κ1) is 18.1. The standard InChI is InChI=1S/C19H24N4O3/c1-15-13-17(21-26-15)19(25)23-11-9-22(10-12-23)8-7-20-18(24)14-16-5-3-2-4-6-16/h2-6,13H,7-12,14H2,1H3,(H,20,24). The minimum absolute atomic E-state index is 0.0337. The second-order valence-electron chi connectivity index (χ2n) is 6.47. The first-order chi connectivity index (χ1) is 12.6. The zero-order chi connectivity index (χ0) is 18.4. The molecule has 1 saturated heterocycles. The molecule has 26 heavy (non-hydrogen) atoms. The van der Waals surface area contributed by atoms with Gasteiger partial charge in [0.15, 0.2) is 5.69 Å². The highest BCUT2D eigenvalue weighted by Gasteiger charge is 2.24. The van der Waals surface area contributed by atoms with Crippen molar-refractivity contribution in [1.29, 1.82) is 0 Å². The molecule has 1 aliphatic heterocycles. The normalized spacial score (nSPS) is 15.0. The highest BCUT2D eigenvalue weighted by Crippen LogP contribution is 2.09. The lowest BCUT2D eigenvalue weighted by Crippen LogP contribution is -2.50. The van der Waals surface area contributed by atoms with E-state index in [0.29, 0.717) is 37.5 Å². The third-order valence-corrected chi connectivity index (χ3v) is 4.46. The summed E-state index contributed by atoms with van der Waals surface area (Å²) in [6.45, 7) is 6.06. The summed E-state index contributed by atoms with van der Waals surface area (Å²) >= 11 is 0. The molecule has 0 saturated carbocycles. The van der Waals surface area contributed by atoms with Gasteiger partial charge in [-0.2, -0.15) is 0 Å². The fourth-order valence-corrected chi connectivity index (χ4v) is 3.00. The first-order valence-electron chi connectivity index (χ1n) is 8.87. The molecule has 0 atom stereocenters. The number of rotatable bonds is 6. The van der Waals surface area contributed by atoms with E-state index in [1.54, 1.807) is 17.9 Å². The quantitative estimate of drug-likeness (QED) is 0.839. The third kappa shape index (κ3) is 4.92. The van der Waals surface area contributed by atoms with Crippen LogP contribution in [0.3, 0.4) is 0 Å². The maximum atomic E-state index is 12.3. The second kappa shape index (κ2) is 8.62. The van der Waals surface area contributed by atoms with Crippen molar-refractivity contribution in [2.24, 2.45) is 0 Å². The fraction of sp³-hybridized carbons (Fsp3) is 0.421. The molecular formula is C19H24N4O3. The summed E-state index contributed by atoms with van der Waals surface area (Å²) in [4.78, 5) is 28.3. The number of hydrogen-bond acceptors (Lipinski definition) is 5. The molecule has 2 aromatic rings. The van der Waals surface area contributed by atoms with E-state index in [0.717, 1.165) is 25.2 Å². The zero-order valence-corrected chi connectivity index (χ0v) is 15.0. The van der Waals surface area contributed by atoms with Gasteiger partial charge in [-0.3, -0.25) is 14.5 Å². The molecule has 1 N–H and O–H groups in total. The lowest BCUT2D eigenvalue weighted by Gasteiger charge is -2.34. The number of carbonyl (C=O) groups is 2. The fourth-order valence-electron chi connectivity index (χ4n) is 3.00. The van der Waals surface area contributed by atoms with Gasteiger partial charge in [0.05, 0.1) is 6.42 Å². The smallest absolute Gasteiger partial charge is 0.276 e. The molecule has 1 aromatic heterocycles. The van der Waals surface area contributed by atoms with Gasteiger partial charge in [-0.05, 0) is 12.5 Å². The van der Waals surface area contributed by atoms with Gasteiger partial charge in [-0.1, -0.05) is 35.5 Å². The molecule has 1 fully saturated rings. The Balaban J connectivity index is 1.35. The molecule has 0 radical (unpaired) electrons. The summed E-state index contributed by atoms with van der Waals surface area (Å²) in [5.74, 6) is 0.585. The average molecular weight is 356 g/mol. The minimum atomic E-state index is -0.0855. The van der Waals surface area contributed by atoms with Crippen molar-refractivity contribution in [1.82, 2.24) is 20.3 Å². The topological polar surface area (TPSA) is 78.7 Å². The number of amides is 2. The van der Waals surface area contributed by atoms with Crippen LogP contribution in [0, 0.1) is 6.92 Å². The lowest BCUT2D eigenvalue weighted by molar-refractivity contribution is -0.120. The number of benzene rings is 1. The van der Waals surface area contributed by atoms with E-state index in [-0.39, 0.29) is 11.8 Å². The van der Waals surface area contributed by atoms with Crippen molar-refractivity contribution < 1.29 is 14.1 Å². The van der Waals surface area contributed by atoms with Crippen molar-refractivity contribution in [3.63, 3.8) is 0 Å². The van der Waals surface area contributed by atoms with Crippen LogP contribution in [0.1, 0.15) is 21.8 Å². The van der Waals surface area contributed by atoms with Crippen LogP contribution in [0.4, 0.5) is 0 Å². The number of aryl methyl sites for hydroxylation is 1. The largest absolute Gasteiger partial charge is 0.361 e. The molecule has 0 spiro atoms. The molecule has 0 bridgehead atoms. The molecule has 2 amide bonds. The van der Waals surface area contributed by atoms with Gasteiger partial charge in [0.25, 0.3) is 5.91 Å². The molecule has 0 unspecified atom stereocenters. The van der Waals surface area contributed by atoms with E-state index in [2.05, 4.69) is 15.4 Å². The van der Waals surface area contributed by atoms with Crippen LogP contribution in [-0.4, -0.2) is 66.0 Å². The average Bonchev–Trinajstić information content (AvgIpc) is 3.09. The van der Waals surface area contributed by atoms with E-state index in [1.807, 2.05) is 30.3 Å². The molecule has 138 valence electrons. The molecule has 7 heteroatoms. The second-order valence-corrected chi connectivity index (χ2v) is 6.47. The zero-order valence-electron chi connectivity index (χ0n) is 15.0. The van der Waals surface area contributed by atoms with Crippen molar-refractivity contribution in [3.8, 4) is 0 Å². The number of nitrogens with one attached hydrogen (secondary N) is 1. The van der Waals surface area contributed by atoms with Crippen LogP contribution in [-0.2, 0) is 11.2 Å². The summed E-state index contributed by atoms with van der Waals surface area (Å²) in [5, 5.41) is 6.74.